The Kier molecular flexibility index (Phi) is 5.17. The van der Waals surface area contributed by atoms with Crippen LogP contribution in [-0.2, 0) is 17.5 Å². The monoisotopic (exact) mass is 373 g/mol. The molecule has 0 radical (unpaired) electrons. The molecule has 0 aliphatic heterocycles. The van der Waals surface area contributed by atoms with E-state index >= 15 is 0 Å². The maximum Gasteiger partial charge on any atom is 0.417 e. The van der Waals surface area contributed by atoms with Gasteiger partial charge in [0, 0.05) is 17.4 Å². The van der Waals surface area contributed by atoms with Crippen LogP contribution in [0.1, 0.15) is 15.9 Å². The van der Waals surface area contributed by atoms with E-state index < -0.39 is 40.7 Å². The van der Waals surface area contributed by atoms with Gasteiger partial charge in [0.1, 0.15) is 11.6 Å². The van der Waals surface area contributed by atoms with E-state index in [4.69, 9.17) is 17.3 Å². The number of benzene rings is 1. The molecule has 0 aliphatic carbocycles. The van der Waals surface area contributed by atoms with Crippen LogP contribution in [0.25, 0.3) is 0 Å². The number of nitrogens with one attached hydrogen (secondary N) is 1. The molecule has 0 unspecified atom stereocenters. The smallest absolute Gasteiger partial charge is 0.366 e. The molecule has 2 amide bonds. The Balaban J connectivity index is 2.23. The summed E-state index contributed by atoms with van der Waals surface area (Å²) in [6.07, 6.45) is -4.21. The second-order valence-electron chi connectivity index (χ2n) is 5.00. The van der Waals surface area contributed by atoms with Crippen molar-refractivity contribution in [3.05, 3.63) is 63.0 Å². The van der Waals surface area contributed by atoms with Gasteiger partial charge in [0.2, 0.25) is 11.8 Å². The number of alkyl halides is 3. The van der Waals surface area contributed by atoms with Crippen LogP contribution in [-0.4, -0.2) is 16.4 Å². The standard InChI is InChI=1S/C15H11ClF3N3O3/c16-11-5-9(15(17,18)19)6-22(14(11)25)7-12(23)21-10-3-1-2-8(4-10)13(20)24/h1-6H,7H2,(H2,20,24)(H,21,23). The summed E-state index contributed by atoms with van der Waals surface area (Å²) in [6.45, 7) is -0.691. The molecule has 0 spiro atoms. The van der Waals surface area contributed by atoms with Crippen LogP contribution in [0.15, 0.2) is 41.3 Å². The first-order valence-electron chi connectivity index (χ1n) is 6.75. The van der Waals surface area contributed by atoms with Gasteiger partial charge in [-0.3, -0.25) is 14.4 Å². The van der Waals surface area contributed by atoms with Crippen LogP contribution in [0.4, 0.5) is 18.9 Å². The number of primary amides is 1. The van der Waals surface area contributed by atoms with Crippen molar-refractivity contribution in [3.63, 3.8) is 0 Å². The summed E-state index contributed by atoms with van der Waals surface area (Å²) in [6, 6.07) is 6.13. The molecule has 1 heterocycles. The Morgan fingerprint density at radius 2 is 1.92 bits per heavy atom. The van der Waals surface area contributed by atoms with Gasteiger partial charge in [0.05, 0.1) is 5.56 Å². The average Bonchev–Trinajstić information content (AvgIpc) is 2.50. The zero-order chi connectivity index (χ0) is 18.8. The first-order chi connectivity index (χ1) is 11.6. The quantitative estimate of drug-likeness (QED) is 0.860. The largest absolute Gasteiger partial charge is 0.417 e. The number of aromatic nitrogens is 1. The molecule has 2 aromatic rings. The number of amides is 2. The van der Waals surface area contributed by atoms with Gasteiger partial charge in [-0.05, 0) is 24.3 Å². The molecule has 6 nitrogen and oxygen atoms in total. The predicted molar refractivity (Wildman–Crippen MR) is 84.3 cm³/mol. The van der Waals surface area contributed by atoms with Crippen LogP contribution < -0.4 is 16.6 Å². The van der Waals surface area contributed by atoms with E-state index in [0.29, 0.717) is 16.8 Å². The van der Waals surface area contributed by atoms with Crippen LogP contribution >= 0.6 is 11.6 Å². The minimum atomic E-state index is -4.72. The van der Waals surface area contributed by atoms with Gasteiger partial charge in [-0.2, -0.15) is 13.2 Å². The van der Waals surface area contributed by atoms with E-state index in [9.17, 15) is 27.6 Å². The van der Waals surface area contributed by atoms with Crippen molar-refractivity contribution in [1.29, 1.82) is 0 Å². The molecule has 0 saturated carbocycles. The van der Waals surface area contributed by atoms with Crippen molar-refractivity contribution in [3.8, 4) is 0 Å². The molecule has 132 valence electrons. The van der Waals surface area contributed by atoms with E-state index in [0.717, 1.165) is 0 Å². The lowest BCUT2D eigenvalue weighted by atomic mass is 10.2. The third-order valence-electron chi connectivity index (χ3n) is 3.11. The highest BCUT2D eigenvalue weighted by Gasteiger charge is 2.32. The van der Waals surface area contributed by atoms with E-state index in [-0.39, 0.29) is 11.3 Å². The molecule has 1 aromatic heterocycles. The maximum atomic E-state index is 12.8. The molecular weight excluding hydrogens is 363 g/mol. The molecule has 0 bridgehead atoms. The number of carbonyl (C=O) groups excluding carboxylic acids is 2. The number of rotatable bonds is 4. The van der Waals surface area contributed by atoms with E-state index in [2.05, 4.69) is 5.32 Å². The Morgan fingerprint density at radius 1 is 1.24 bits per heavy atom. The number of halogens is 4. The van der Waals surface area contributed by atoms with Crippen LogP contribution in [0.2, 0.25) is 5.02 Å². The molecule has 0 saturated heterocycles. The number of carbonyl (C=O) groups is 2. The number of nitrogens with zero attached hydrogens (tertiary/aromatic N) is 1. The molecule has 1 aromatic carbocycles. The summed E-state index contributed by atoms with van der Waals surface area (Å²) in [7, 11) is 0. The fraction of sp³-hybridized carbons (Fsp3) is 0.133. The molecule has 0 fully saturated rings. The third-order valence-corrected chi connectivity index (χ3v) is 3.39. The fourth-order valence-corrected chi connectivity index (χ4v) is 2.20. The summed E-state index contributed by atoms with van der Waals surface area (Å²) >= 11 is 5.51. The SMILES string of the molecule is NC(=O)c1cccc(NC(=O)Cn2cc(C(F)(F)F)cc(Cl)c2=O)c1. The van der Waals surface area contributed by atoms with Crippen molar-refractivity contribution < 1.29 is 22.8 Å². The highest BCUT2D eigenvalue weighted by molar-refractivity contribution is 6.30. The highest BCUT2D eigenvalue weighted by Crippen LogP contribution is 2.29. The molecule has 2 rings (SSSR count). The van der Waals surface area contributed by atoms with Gasteiger partial charge >= 0.3 is 6.18 Å². The summed E-state index contributed by atoms with van der Waals surface area (Å²) in [5.41, 5.74) is 3.36. The minimum absolute atomic E-state index is 0.136. The van der Waals surface area contributed by atoms with Gasteiger partial charge in [0.15, 0.2) is 0 Å². The Hall–Kier alpha value is -2.81. The molecule has 25 heavy (non-hydrogen) atoms. The zero-order valence-corrected chi connectivity index (χ0v) is 13.2. The van der Waals surface area contributed by atoms with E-state index in [1.54, 1.807) is 0 Å². The maximum absolute atomic E-state index is 12.8. The molecular formula is C15H11ClF3N3O3. The Labute approximate surface area is 144 Å². The summed E-state index contributed by atoms with van der Waals surface area (Å²) < 4.78 is 38.9. The number of anilines is 1. The molecule has 0 aliphatic rings. The Bertz CT molecular complexity index is 894. The number of hydrogen-bond donors (Lipinski definition) is 2. The molecule has 10 heteroatoms. The van der Waals surface area contributed by atoms with Crippen molar-refractivity contribution in [2.75, 3.05) is 5.32 Å². The lowest BCUT2D eigenvalue weighted by Gasteiger charge is -2.12. The van der Waals surface area contributed by atoms with Crippen molar-refractivity contribution in [2.24, 2.45) is 5.73 Å². The van der Waals surface area contributed by atoms with Crippen molar-refractivity contribution in [2.45, 2.75) is 12.7 Å². The Morgan fingerprint density at radius 3 is 2.52 bits per heavy atom. The fourth-order valence-electron chi connectivity index (χ4n) is 1.98. The topological polar surface area (TPSA) is 94.2 Å². The van der Waals surface area contributed by atoms with Gasteiger partial charge in [-0.15, -0.1) is 0 Å². The van der Waals surface area contributed by atoms with Gasteiger partial charge in [-0.25, -0.2) is 0 Å². The predicted octanol–water partition coefficient (Wildman–Crippen LogP) is 2.26. The number of pyridine rings is 1. The van der Waals surface area contributed by atoms with Gasteiger partial charge in [0.25, 0.3) is 5.56 Å². The zero-order valence-electron chi connectivity index (χ0n) is 12.4. The molecule has 3 N–H and O–H groups in total. The highest BCUT2D eigenvalue weighted by atomic mass is 35.5. The van der Waals surface area contributed by atoms with E-state index in [1.807, 2.05) is 0 Å². The first-order valence-corrected chi connectivity index (χ1v) is 7.12. The van der Waals surface area contributed by atoms with Crippen LogP contribution in [0, 0.1) is 0 Å². The lowest BCUT2D eigenvalue weighted by molar-refractivity contribution is -0.138. The molecule has 0 atom stereocenters. The summed E-state index contributed by atoms with van der Waals surface area (Å²) in [5, 5.41) is 1.71. The average molecular weight is 374 g/mol. The number of hydrogen-bond acceptors (Lipinski definition) is 3. The summed E-state index contributed by atoms with van der Waals surface area (Å²) in [5.74, 6) is -1.49. The van der Waals surface area contributed by atoms with Crippen LogP contribution in [0.5, 0.6) is 0 Å². The third kappa shape index (κ3) is 4.60. The van der Waals surface area contributed by atoms with Gasteiger partial charge in [-0.1, -0.05) is 17.7 Å². The second kappa shape index (κ2) is 6.98. The van der Waals surface area contributed by atoms with Gasteiger partial charge < -0.3 is 15.6 Å². The van der Waals surface area contributed by atoms with E-state index in [1.165, 1.54) is 24.3 Å². The number of nitrogens with two attached hydrogens (primary N) is 1. The summed E-state index contributed by atoms with van der Waals surface area (Å²) in [4.78, 5) is 34.9. The second-order valence-corrected chi connectivity index (χ2v) is 5.41. The first kappa shape index (κ1) is 18.5. The normalized spacial score (nSPS) is 11.2. The lowest BCUT2D eigenvalue weighted by Crippen LogP contribution is -2.29. The van der Waals surface area contributed by atoms with Crippen molar-refractivity contribution in [1.82, 2.24) is 4.57 Å². The minimum Gasteiger partial charge on any atom is -0.366 e. The van der Waals surface area contributed by atoms with Crippen molar-refractivity contribution >= 4 is 29.1 Å². The van der Waals surface area contributed by atoms with Crippen LogP contribution in [0.3, 0.4) is 0 Å².